The lowest BCUT2D eigenvalue weighted by atomic mass is 9.95. The van der Waals surface area contributed by atoms with Crippen LogP contribution in [0.5, 0.6) is 5.75 Å². The zero-order chi connectivity index (χ0) is 10.8. The smallest absolute Gasteiger partial charge is 0.120 e. The van der Waals surface area contributed by atoms with Crippen molar-refractivity contribution in [1.29, 1.82) is 0 Å². The number of phenols is 1. The van der Waals surface area contributed by atoms with E-state index in [4.69, 9.17) is 10.8 Å². The van der Waals surface area contributed by atoms with E-state index in [9.17, 15) is 5.11 Å². The van der Waals surface area contributed by atoms with E-state index >= 15 is 0 Å². The van der Waals surface area contributed by atoms with Crippen LogP contribution in [0.2, 0.25) is 0 Å². The van der Waals surface area contributed by atoms with Crippen LogP contribution in [0.3, 0.4) is 0 Å². The summed E-state index contributed by atoms with van der Waals surface area (Å²) in [4.78, 5) is 0. The van der Waals surface area contributed by atoms with E-state index < -0.39 is 0 Å². The van der Waals surface area contributed by atoms with E-state index in [0.717, 1.165) is 24.8 Å². The van der Waals surface area contributed by atoms with Crippen LogP contribution in [0.15, 0.2) is 12.1 Å². The molecule has 0 saturated heterocycles. The fourth-order valence-corrected chi connectivity index (χ4v) is 2.38. The SMILES string of the molecule is NC(CCO)c1c(O)ccc2c1CCC2. The Morgan fingerprint density at radius 3 is 2.87 bits per heavy atom. The maximum atomic E-state index is 9.81. The summed E-state index contributed by atoms with van der Waals surface area (Å²) in [6.45, 7) is 0.0598. The largest absolute Gasteiger partial charge is 0.508 e. The van der Waals surface area contributed by atoms with Gasteiger partial charge in [0.05, 0.1) is 0 Å². The monoisotopic (exact) mass is 207 g/mol. The van der Waals surface area contributed by atoms with Gasteiger partial charge in [-0.1, -0.05) is 6.07 Å². The van der Waals surface area contributed by atoms with Gasteiger partial charge >= 0.3 is 0 Å². The second-order valence-electron chi connectivity index (χ2n) is 4.11. The van der Waals surface area contributed by atoms with Gasteiger partial charge in [0.2, 0.25) is 0 Å². The molecule has 0 aliphatic heterocycles. The van der Waals surface area contributed by atoms with Gasteiger partial charge in [0, 0.05) is 18.2 Å². The molecule has 0 saturated carbocycles. The molecule has 1 unspecified atom stereocenters. The predicted molar refractivity (Wildman–Crippen MR) is 58.8 cm³/mol. The molecule has 1 atom stereocenters. The van der Waals surface area contributed by atoms with E-state index in [2.05, 4.69) is 0 Å². The third-order valence-corrected chi connectivity index (χ3v) is 3.11. The van der Waals surface area contributed by atoms with Crippen molar-refractivity contribution in [2.75, 3.05) is 6.61 Å². The average molecular weight is 207 g/mol. The molecular weight excluding hydrogens is 190 g/mol. The predicted octanol–water partition coefficient (Wildman–Crippen LogP) is 1.26. The highest BCUT2D eigenvalue weighted by Crippen LogP contribution is 2.35. The standard InChI is InChI=1S/C12H17NO2/c13-10(6-7-14)12-9-3-1-2-8(9)4-5-11(12)15/h4-5,10,14-15H,1-3,6-7,13H2. The van der Waals surface area contributed by atoms with Gasteiger partial charge in [-0.25, -0.2) is 0 Å². The van der Waals surface area contributed by atoms with Crippen molar-refractivity contribution in [3.63, 3.8) is 0 Å². The van der Waals surface area contributed by atoms with Gasteiger partial charge in [-0.15, -0.1) is 0 Å². The summed E-state index contributed by atoms with van der Waals surface area (Å²) in [5, 5.41) is 18.7. The highest BCUT2D eigenvalue weighted by atomic mass is 16.3. The molecule has 0 spiro atoms. The molecule has 1 aliphatic rings. The summed E-state index contributed by atoms with van der Waals surface area (Å²) in [5.41, 5.74) is 9.31. The summed E-state index contributed by atoms with van der Waals surface area (Å²) >= 11 is 0. The fraction of sp³-hybridized carbons (Fsp3) is 0.500. The number of benzene rings is 1. The van der Waals surface area contributed by atoms with Crippen molar-refractivity contribution in [3.8, 4) is 5.75 Å². The van der Waals surface area contributed by atoms with Gasteiger partial charge in [-0.3, -0.25) is 0 Å². The minimum absolute atomic E-state index is 0.0598. The third-order valence-electron chi connectivity index (χ3n) is 3.11. The number of aryl methyl sites for hydroxylation is 1. The summed E-state index contributed by atoms with van der Waals surface area (Å²) < 4.78 is 0. The zero-order valence-corrected chi connectivity index (χ0v) is 8.74. The summed E-state index contributed by atoms with van der Waals surface area (Å²) in [6.07, 6.45) is 3.72. The highest BCUT2D eigenvalue weighted by molar-refractivity contribution is 5.48. The Balaban J connectivity index is 2.40. The van der Waals surface area contributed by atoms with Crippen molar-refractivity contribution in [2.24, 2.45) is 5.73 Å². The number of hydrogen-bond donors (Lipinski definition) is 3. The lowest BCUT2D eigenvalue weighted by molar-refractivity contribution is 0.275. The Morgan fingerprint density at radius 2 is 2.13 bits per heavy atom. The van der Waals surface area contributed by atoms with Gasteiger partial charge in [0.1, 0.15) is 5.75 Å². The molecular formula is C12H17NO2. The number of aliphatic hydroxyl groups excluding tert-OH is 1. The fourth-order valence-electron chi connectivity index (χ4n) is 2.38. The van der Waals surface area contributed by atoms with Crippen LogP contribution in [0.1, 0.15) is 35.6 Å². The molecule has 2 rings (SSSR count). The van der Waals surface area contributed by atoms with Crippen LogP contribution in [-0.4, -0.2) is 16.8 Å². The molecule has 3 heteroatoms. The topological polar surface area (TPSA) is 66.5 Å². The first-order valence-electron chi connectivity index (χ1n) is 5.44. The van der Waals surface area contributed by atoms with Crippen LogP contribution in [0.4, 0.5) is 0 Å². The van der Waals surface area contributed by atoms with Gasteiger partial charge in [-0.2, -0.15) is 0 Å². The second kappa shape index (κ2) is 4.21. The lowest BCUT2D eigenvalue weighted by Crippen LogP contribution is -2.14. The molecule has 0 aromatic heterocycles. The molecule has 15 heavy (non-hydrogen) atoms. The van der Waals surface area contributed by atoms with E-state index in [1.807, 2.05) is 6.07 Å². The van der Waals surface area contributed by atoms with E-state index in [1.165, 1.54) is 11.1 Å². The molecule has 0 fully saturated rings. The van der Waals surface area contributed by atoms with E-state index in [0.29, 0.717) is 6.42 Å². The number of aromatic hydroxyl groups is 1. The maximum absolute atomic E-state index is 9.81. The molecule has 1 aromatic carbocycles. The zero-order valence-electron chi connectivity index (χ0n) is 8.74. The molecule has 4 N–H and O–H groups in total. The average Bonchev–Trinajstić information content (AvgIpc) is 2.65. The molecule has 3 nitrogen and oxygen atoms in total. The molecule has 0 bridgehead atoms. The summed E-state index contributed by atoms with van der Waals surface area (Å²) in [6, 6.07) is 3.45. The first-order chi connectivity index (χ1) is 7.24. The summed E-state index contributed by atoms with van der Waals surface area (Å²) in [7, 11) is 0. The molecule has 1 aliphatic carbocycles. The molecule has 0 radical (unpaired) electrons. The highest BCUT2D eigenvalue weighted by Gasteiger charge is 2.21. The number of phenolic OH excluding ortho intramolecular Hbond substituents is 1. The Morgan fingerprint density at radius 1 is 1.33 bits per heavy atom. The number of nitrogens with two attached hydrogens (primary N) is 1. The Kier molecular flexibility index (Phi) is 2.93. The minimum atomic E-state index is -0.247. The molecule has 0 heterocycles. The van der Waals surface area contributed by atoms with E-state index in [1.54, 1.807) is 6.07 Å². The van der Waals surface area contributed by atoms with Crippen LogP contribution < -0.4 is 5.73 Å². The minimum Gasteiger partial charge on any atom is -0.508 e. The molecule has 1 aromatic rings. The Hall–Kier alpha value is -1.06. The van der Waals surface area contributed by atoms with Crippen LogP contribution in [-0.2, 0) is 12.8 Å². The maximum Gasteiger partial charge on any atom is 0.120 e. The van der Waals surface area contributed by atoms with Gasteiger partial charge in [0.25, 0.3) is 0 Å². The second-order valence-corrected chi connectivity index (χ2v) is 4.11. The molecule has 82 valence electrons. The normalized spacial score (nSPS) is 16.4. The first kappa shape index (κ1) is 10.5. The Bertz CT molecular complexity index is 363. The first-order valence-corrected chi connectivity index (χ1v) is 5.44. The van der Waals surface area contributed by atoms with Gasteiger partial charge < -0.3 is 15.9 Å². The number of aliphatic hydroxyl groups is 1. The molecule has 0 amide bonds. The quantitative estimate of drug-likeness (QED) is 0.699. The van der Waals surface area contributed by atoms with Crippen molar-refractivity contribution >= 4 is 0 Å². The van der Waals surface area contributed by atoms with Gasteiger partial charge in [0.15, 0.2) is 0 Å². The Labute approximate surface area is 89.5 Å². The summed E-state index contributed by atoms with van der Waals surface area (Å²) in [5.74, 6) is 0.275. The number of fused-ring (bicyclic) bond motifs is 1. The van der Waals surface area contributed by atoms with E-state index in [-0.39, 0.29) is 18.4 Å². The van der Waals surface area contributed by atoms with Crippen molar-refractivity contribution < 1.29 is 10.2 Å². The third kappa shape index (κ3) is 1.85. The van der Waals surface area contributed by atoms with Crippen LogP contribution in [0.25, 0.3) is 0 Å². The van der Waals surface area contributed by atoms with Crippen molar-refractivity contribution in [1.82, 2.24) is 0 Å². The lowest BCUT2D eigenvalue weighted by Gasteiger charge is -2.16. The van der Waals surface area contributed by atoms with Crippen molar-refractivity contribution in [3.05, 3.63) is 28.8 Å². The van der Waals surface area contributed by atoms with Crippen molar-refractivity contribution in [2.45, 2.75) is 31.7 Å². The van der Waals surface area contributed by atoms with Crippen LogP contribution >= 0.6 is 0 Å². The number of rotatable bonds is 3. The van der Waals surface area contributed by atoms with Crippen LogP contribution in [0, 0.1) is 0 Å². The number of hydrogen-bond acceptors (Lipinski definition) is 3. The van der Waals surface area contributed by atoms with Gasteiger partial charge in [-0.05, 0) is 42.9 Å².